The molecule has 116 valence electrons. The molecule has 0 radical (unpaired) electrons. The van der Waals surface area contributed by atoms with E-state index in [1.54, 1.807) is 33.8 Å². The van der Waals surface area contributed by atoms with Crippen molar-refractivity contribution in [2.45, 2.75) is 46.3 Å². The van der Waals surface area contributed by atoms with Crippen LogP contribution in [0.4, 0.5) is 10.5 Å². The monoisotopic (exact) mass is 356 g/mol. The van der Waals surface area contributed by atoms with E-state index >= 15 is 0 Å². The van der Waals surface area contributed by atoms with Crippen LogP contribution in [0.1, 0.15) is 33.3 Å². The SMILES string of the molecule is Cc1cc(NC(=O)[C@@H](C)NC(=O)OC(C)(C)C)ccc1Br. The number of carbonyl (C=O) groups excluding carboxylic acids is 2. The fourth-order valence-electron chi connectivity index (χ4n) is 1.52. The summed E-state index contributed by atoms with van der Waals surface area (Å²) in [4.78, 5) is 23.6. The molecule has 0 spiro atoms. The molecule has 6 heteroatoms. The first-order valence-electron chi connectivity index (χ1n) is 6.65. The van der Waals surface area contributed by atoms with Gasteiger partial charge in [-0.15, -0.1) is 0 Å². The van der Waals surface area contributed by atoms with E-state index in [0.29, 0.717) is 5.69 Å². The zero-order chi connectivity index (χ0) is 16.2. The van der Waals surface area contributed by atoms with Crippen LogP contribution in [0, 0.1) is 6.92 Å². The molecule has 0 heterocycles. The van der Waals surface area contributed by atoms with E-state index < -0.39 is 17.7 Å². The molecule has 21 heavy (non-hydrogen) atoms. The summed E-state index contributed by atoms with van der Waals surface area (Å²) in [6.45, 7) is 8.83. The Morgan fingerprint density at radius 1 is 1.29 bits per heavy atom. The minimum absolute atomic E-state index is 0.303. The molecule has 0 unspecified atom stereocenters. The molecular weight excluding hydrogens is 336 g/mol. The van der Waals surface area contributed by atoms with E-state index in [1.807, 2.05) is 19.1 Å². The second kappa shape index (κ2) is 6.93. The summed E-state index contributed by atoms with van der Waals surface area (Å²) < 4.78 is 6.08. The third kappa shape index (κ3) is 6.16. The fraction of sp³-hybridized carbons (Fsp3) is 0.467. The highest BCUT2D eigenvalue weighted by Crippen LogP contribution is 2.20. The van der Waals surface area contributed by atoms with Gasteiger partial charge in [-0.2, -0.15) is 0 Å². The first-order chi connectivity index (χ1) is 9.58. The third-order valence-electron chi connectivity index (χ3n) is 2.55. The molecule has 1 aromatic rings. The van der Waals surface area contributed by atoms with Crippen molar-refractivity contribution in [3.63, 3.8) is 0 Å². The van der Waals surface area contributed by atoms with Crippen molar-refractivity contribution in [1.29, 1.82) is 0 Å². The fourth-order valence-corrected chi connectivity index (χ4v) is 1.77. The number of alkyl carbamates (subject to hydrolysis) is 1. The molecule has 2 N–H and O–H groups in total. The predicted molar refractivity (Wildman–Crippen MR) is 86.3 cm³/mol. The zero-order valence-corrected chi connectivity index (χ0v) is 14.5. The van der Waals surface area contributed by atoms with Crippen molar-refractivity contribution in [2.24, 2.45) is 0 Å². The van der Waals surface area contributed by atoms with Gasteiger partial charge >= 0.3 is 6.09 Å². The van der Waals surface area contributed by atoms with Gasteiger partial charge in [0.1, 0.15) is 11.6 Å². The van der Waals surface area contributed by atoms with Crippen LogP contribution >= 0.6 is 15.9 Å². The van der Waals surface area contributed by atoms with Gasteiger partial charge in [0.05, 0.1) is 0 Å². The molecule has 0 saturated heterocycles. The summed E-state index contributed by atoms with van der Waals surface area (Å²) >= 11 is 3.40. The normalized spacial score (nSPS) is 12.5. The molecule has 1 rings (SSSR count). The number of hydrogen-bond acceptors (Lipinski definition) is 3. The standard InChI is InChI=1S/C15H21BrN2O3/c1-9-8-11(6-7-12(9)16)18-13(19)10(2)17-14(20)21-15(3,4)5/h6-8,10H,1-5H3,(H,17,20)(H,18,19)/t10-/m1/s1. The zero-order valence-electron chi connectivity index (χ0n) is 12.9. The van der Waals surface area contributed by atoms with Gasteiger partial charge in [0, 0.05) is 10.2 Å². The summed E-state index contributed by atoms with van der Waals surface area (Å²) in [5.74, 6) is -0.303. The van der Waals surface area contributed by atoms with E-state index in [4.69, 9.17) is 4.74 Å². The van der Waals surface area contributed by atoms with Gasteiger partial charge in [-0.25, -0.2) is 4.79 Å². The maximum atomic E-state index is 12.0. The molecule has 0 bridgehead atoms. The average Bonchev–Trinajstić information content (AvgIpc) is 2.31. The van der Waals surface area contributed by atoms with Crippen molar-refractivity contribution in [1.82, 2.24) is 5.32 Å². The number of amides is 2. The van der Waals surface area contributed by atoms with Crippen LogP contribution in [0.2, 0.25) is 0 Å². The van der Waals surface area contributed by atoms with Crippen LogP contribution in [0.3, 0.4) is 0 Å². The van der Waals surface area contributed by atoms with Crippen LogP contribution in [0.5, 0.6) is 0 Å². The number of aryl methyl sites for hydroxylation is 1. The summed E-state index contributed by atoms with van der Waals surface area (Å²) in [5.41, 5.74) is 1.10. The van der Waals surface area contributed by atoms with Gasteiger partial charge in [0.15, 0.2) is 0 Å². The first-order valence-corrected chi connectivity index (χ1v) is 7.44. The predicted octanol–water partition coefficient (Wildman–Crippen LogP) is 3.61. The summed E-state index contributed by atoms with van der Waals surface area (Å²) in [6, 6.07) is 4.80. The number of ether oxygens (including phenoxy) is 1. The van der Waals surface area contributed by atoms with Gasteiger partial charge in [-0.1, -0.05) is 15.9 Å². The van der Waals surface area contributed by atoms with Crippen molar-refractivity contribution >= 4 is 33.6 Å². The Hall–Kier alpha value is -1.56. The topological polar surface area (TPSA) is 67.4 Å². The van der Waals surface area contributed by atoms with E-state index in [2.05, 4.69) is 26.6 Å². The molecular formula is C15H21BrN2O3. The molecule has 1 aromatic carbocycles. The van der Waals surface area contributed by atoms with Gasteiger partial charge in [0.25, 0.3) is 0 Å². The largest absolute Gasteiger partial charge is 0.444 e. The average molecular weight is 357 g/mol. The van der Waals surface area contributed by atoms with Gasteiger partial charge in [-0.3, -0.25) is 4.79 Å². The number of rotatable bonds is 3. The number of anilines is 1. The van der Waals surface area contributed by atoms with Crippen LogP contribution < -0.4 is 10.6 Å². The molecule has 0 saturated carbocycles. The lowest BCUT2D eigenvalue weighted by atomic mass is 10.2. The van der Waals surface area contributed by atoms with Crippen molar-refractivity contribution in [3.8, 4) is 0 Å². The first kappa shape index (κ1) is 17.5. The van der Waals surface area contributed by atoms with E-state index in [-0.39, 0.29) is 5.91 Å². The molecule has 1 atom stereocenters. The minimum atomic E-state index is -0.691. The molecule has 0 fully saturated rings. The Morgan fingerprint density at radius 2 is 1.90 bits per heavy atom. The lowest BCUT2D eigenvalue weighted by Crippen LogP contribution is -2.43. The third-order valence-corrected chi connectivity index (χ3v) is 3.44. The Kier molecular flexibility index (Phi) is 5.78. The Balaban J connectivity index is 2.58. The minimum Gasteiger partial charge on any atom is -0.444 e. The Labute approximate surface area is 133 Å². The van der Waals surface area contributed by atoms with Crippen LogP contribution in [0.15, 0.2) is 22.7 Å². The van der Waals surface area contributed by atoms with E-state index in [9.17, 15) is 9.59 Å². The van der Waals surface area contributed by atoms with Gasteiger partial charge in [0.2, 0.25) is 5.91 Å². The molecule has 0 aromatic heterocycles. The van der Waals surface area contributed by atoms with Gasteiger partial charge in [-0.05, 0) is 58.4 Å². The summed E-state index contributed by atoms with van der Waals surface area (Å²) in [6.07, 6.45) is -0.614. The quantitative estimate of drug-likeness (QED) is 0.869. The highest BCUT2D eigenvalue weighted by atomic mass is 79.9. The Morgan fingerprint density at radius 3 is 2.43 bits per heavy atom. The second-order valence-corrected chi connectivity index (χ2v) is 6.68. The lowest BCUT2D eigenvalue weighted by Gasteiger charge is -2.21. The van der Waals surface area contributed by atoms with Gasteiger partial charge < -0.3 is 15.4 Å². The molecule has 0 aliphatic carbocycles. The highest BCUT2D eigenvalue weighted by Gasteiger charge is 2.21. The van der Waals surface area contributed by atoms with Crippen molar-refractivity contribution < 1.29 is 14.3 Å². The number of nitrogens with one attached hydrogen (secondary N) is 2. The lowest BCUT2D eigenvalue weighted by molar-refractivity contribution is -0.117. The number of benzene rings is 1. The molecule has 0 aliphatic heterocycles. The molecule has 5 nitrogen and oxygen atoms in total. The highest BCUT2D eigenvalue weighted by molar-refractivity contribution is 9.10. The number of carbonyl (C=O) groups is 2. The Bertz CT molecular complexity index is 538. The molecule has 0 aliphatic rings. The second-order valence-electron chi connectivity index (χ2n) is 5.82. The van der Waals surface area contributed by atoms with E-state index in [0.717, 1.165) is 10.0 Å². The number of hydrogen-bond donors (Lipinski definition) is 2. The van der Waals surface area contributed by atoms with Crippen LogP contribution in [0.25, 0.3) is 0 Å². The van der Waals surface area contributed by atoms with Crippen molar-refractivity contribution in [3.05, 3.63) is 28.2 Å². The van der Waals surface area contributed by atoms with Crippen molar-refractivity contribution in [2.75, 3.05) is 5.32 Å². The van der Waals surface area contributed by atoms with E-state index in [1.165, 1.54) is 0 Å². The maximum Gasteiger partial charge on any atom is 0.408 e. The smallest absolute Gasteiger partial charge is 0.408 e. The van der Waals surface area contributed by atoms with Crippen LogP contribution in [-0.4, -0.2) is 23.6 Å². The van der Waals surface area contributed by atoms with Crippen LogP contribution in [-0.2, 0) is 9.53 Å². The number of halogens is 1. The summed E-state index contributed by atoms with van der Waals surface area (Å²) in [7, 11) is 0. The summed E-state index contributed by atoms with van der Waals surface area (Å²) in [5, 5.41) is 5.25. The maximum absolute atomic E-state index is 12.0. The molecule has 2 amide bonds.